The molecule has 0 saturated heterocycles. The quantitative estimate of drug-likeness (QED) is 0.711. The number of carbonyl (C=O) groups is 1. The zero-order valence-electron chi connectivity index (χ0n) is 12.0. The third kappa shape index (κ3) is 4.20. The summed E-state index contributed by atoms with van der Waals surface area (Å²) in [4.78, 5) is 12.0. The third-order valence-electron chi connectivity index (χ3n) is 3.42. The van der Waals surface area contributed by atoms with E-state index in [0.717, 1.165) is 5.56 Å². The molecule has 0 amide bonds. The zero-order valence-corrected chi connectivity index (χ0v) is 12.0. The molecule has 1 unspecified atom stereocenters. The molecule has 2 aromatic carbocycles. The van der Waals surface area contributed by atoms with E-state index in [1.54, 1.807) is 6.08 Å². The Morgan fingerprint density at radius 3 is 2.35 bits per heavy atom. The van der Waals surface area contributed by atoms with Gasteiger partial charge in [-0.15, -0.1) is 0 Å². The van der Waals surface area contributed by atoms with Crippen LogP contribution in [0.5, 0.6) is 0 Å². The van der Waals surface area contributed by atoms with Crippen LogP contribution < -0.4 is 0 Å². The van der Waals surface area contributed by atoms with Crippen molar-refractivity contribution in [3.05, 3.63) is 77.4 Å². The van der Waals surface area contributed by atoms with Crippen LogP contribution in [0.4, 0.5) is 0 Å². The van der Waals surface area contributed by atoms with Gasteiger partial charge in [-0.05, 0) is 30.0 Å². The van der Waals surface area contributed by atoms with Gasteiger partial charge >= 0.3 is 0 Å². The Hall–Kier alpha value is -2.15. The molecule has 2 rings (SSSR count). The van der Waals surface area contributed by atoms with Crippen molar-refractivity contribution in [1.82, 2.24) is 0 Å². The fraction of sp³-hybridized carbons (Fsp3) is 0.211. The van der Waals surface area contributed by atoms with Crippen LogP contribution in [0.1, 0.15) is 36.0 Å². The minimum atomic E-state index is 0.168. The first kappa shape index (κ1) is 14.3. The summed E-state index contributed by atoms with van der Waals surface area (Å²) in [6.07, 6.45) is 4.11. The fourth-order valence-corrected chi connectivity index (χ4v) is 2.14. The van der Waals surface area contributed by atoms with Crippen LogP contribution in [0, 0.1) is 6.92 Å². The van der Waals surface area contributed by atoms with Gasteiger partial charge in [0.1, 0.15) is 0 Å². The van der Waals surface area contributed by atoms with Gasteiger partial charge in [0, 0.05) is 6.42 Å². The highest BCUT2D eigenvalue weighted by atomic mass is 16.1. The number of carbonyl (C=O) groups excluding carboxylic acids is 1. The Bertz CT molecular complexity index is 579. The van der Waals surface area contributed by atoms with E-state index >= 15 is 0 Å². The largest absolute Gasteiger partial charge is 0.295 e. The van der Waals surface area contributed by atoms with Gasteiger partial charge in [0.15, 0.2) is 5.78 Å². The smallest absolute Gasteiger partial charge is 0.156 e. The Morgan fingerprint density at radius 2 is 1.70 bits per heavy atom. The van der Waals surface area contributed by atoms with E-state index in [1.165, 1.54) is 11.1 Å². The lowest BCUT2D eigenvalue weighted by Gasteiger charge is -2.09. The van der Waals surface area contributed by atoms with E-state index < -0.39 is 0 Å². The number of aryl methyl sites for hydroxylation is 1. The molecule has 102 valence electrons. The maximum Gasteiger partial charge on any atom is 0.156 e. The van der Waals surface area contributed by atoms with Crippen LogP contribution in [-0.4, -0.2) is 5.78 Å². The molecule has 0 aliphatic carbocycles. The average Bonchev–Trinajstić information content (AvgIpc) is 2.47. The van der Waals surface area contributed by atoms with E-state index in [4.69, 9.17) is 0 Å². The third-order valence-corrected chi connectivity index (χ3v) is 3.42. The molecule has 1 heteroatoms. The maximum atomic E-state index is 12.0. The van der Waals surface area contributed by atoms with Crippen molar-refractivity contribution >= 4 is 11.9 Å². The highest BCUT2D eigenvalue weighted by Gasteiger charge is 2.08. The Balaban J connectivity index is 1.94. The zero-order chi connectivity index (χ0) is 14.4. The molecule has 0 fully saturated rings. The predicted octanol–water partition coefficient (Wildman–Crippen LogP) is 4.77. The molecule has 0 aliphatic rings. The molecule has 0 N–H and O–H groups in total. The summed E-state index contributed by atoms with van der Waals surface area (Å²) in [5.74, 6) is 0.422. The topological polar surface area (TPSA) is 17.1 Å². The molecule has 0 aliphatic heterocycles. The monoisotopic (exact) mass is 264 g/mol. The second kappa shape index (κ2) is 6.85. The summed E-state index contributed by atoms with van der Waals surface area (Å²) in [5, 5.41) is 0. The summed E-state index contributed by atoms with van der Waals surface area (Å²) in [7, 11) is 0. The molecule has 0 spiro atoms. The van der Waals surface area contributed by atoms with Crippen molar-refractivity contribution in [2.45, 2.75) is 26.2 Å². The van der Waals surface area contributed by atoms with Crippen molar-refractivity contribution in [2.24, 2.45) is 0 Å². The average molecular weight is 264 g/mol. The molecule has 2 aromatic rings. The highest BCUT2D eigenvalue weighted by molar-refractivity contribution is 5.94. The van der Waals surface area contributed by atoms with Gasteiger partial charge in [0.2, 0.25) is 0 Å². The minimum absolute atomic E-state index is 0.168. The lowest BCUT2D eigenvalue weighted by Crippen LogP contribution is -2.01. The molecule has 20 heavy (non-hydrogen) atoms. The first-order valence-corrected chi connectivity index (χ1v) is 6.97. The number of hydrogen-bond donors (Lipinski definition) is 0. The van der Waals surface area contributed by atoms with E-state index in [2.05, 4.69) is 38.1 Å². The first-order chi connectivity index (χ1) is 9.65. The molecular weight excluding hydrogens is 244 g/mol. The van der Waals surface area contributed by atoms with Crippen LogP contribution in [0.15, 0.2) is 60.7 Å². The van der Waals surface area contributed by atoms with Gasteiger partial charge in [-0.3, -0.25) is 4.79 Å². The lowest BCUT2D eigenvalue weighted by molar-refractivity contribution is -0.114. The van der Waals surface area contributed by atoms with E-state index in [9.17, 15) is 4.79 Å². The van der Waals surface area contributed by atoms with Crippen molar-refractivity contribution in [3.8, 4) is 0 Å². The van der Waals surface area contributed by atoms with Gasteiger partial charge in [0.05, 0.1) is 0 Å². The number of hydrogen-bond acceptors (Lipinski definition) is 1. The summed E-state index contributed by atoms with van der Waals surface area (Å²) in [6.45, 7) is 4.17. The van der Waals surface area contributed by atoms with Crippen molar-refractivity contribution in [3.63, 3.8) is 0 Å². The maximum absolute atomic E-state index is 12.0. The Labute approximate surface area is 121 Å². The van der Waals surface area contributed by atoms with Gasteiger partial charge in [-0.25, -0.2) is 0 Å². The SMILES string of the molecule is Cc1ccc(C(C)CC(=O)/C=C/c2ccccc2)cc1. The second-order valence-corrected chi connectivity index (χ2v) is 5.23. The van der Waals surface area contributed by atoms with Crippen molar-refractivity contribution < 1.29 is 4.79 Å². The molecule has 0 saturated carbocycles. The Kier molecular flexibility index (Phi) is 4.89. The van der Waals surface area contributed by atoms with Crippen LogP contribution in [-0.2, 0) is 4.79 Å². The van der Waals surface area contributed by atoms with E-state index in [0.29, 0.717) is 6.42 Å². The highest BCUT2D eigenvalue weighted by Crippen LogP contribution is 2.20. The lowest BCUT2D eigenvalue weighted by atomic mass is 9.95. The molecule has 0 heterocycles. The van der Waals surface area contributed by atoms with Gasteiger partial charge in [-0.2, -0.15) is 0 Å². The predicted molar refractivity (Wildman–Crippen MR) is 84.7 cm³/mol. The van der Waals surface area contributed by atoms with E-state index in [1.807, 2.05) is 36.4 Å². The number of allylic oxidation sites excluding steroid dienone is 1. The van der Waals surface area contributed by atoms with Gasteiger partial charge in [-0.1, -0.05) is 73.2 Å². The summed E-state index contributed by atoms with van der Waals surface area (Å²) in [6, 6.07) is 18.3. The number of ketones is 1. The van der Waals surface area contributed by atoms with Crippen molar-refractivity contribution in [1.29, 1.82) is 0 Å². The molecular formula is C19H20O. The molecule has 1 nitrogen and oxygen atoms in total. The summed E-state index contributed by atoms with van der Waals surface area (Å²) >= 11 is 0. The van der Waals surface area contributed by atoms with Crippen LogP contribution in [0.2, 0.25) is 0 Å². The molecule has 1 atom stereocenters. The van der Waals surface area contributed by atoms with E-state index in [-0.39, 0.29) is 11.7 Å². The molecule has 0 bridgehead atoms. The molecule has 0 aromatic heterocycles. The number of benzene rings is 2. The van der Waals surface area contributed by atoms with Gasteiger partial charge < -0.3 is 0 Å². The number of rotatable bonds is 5. The minimum Gasteiger partial charge on any atom is -0.295 e. The summed E-state index contributed by atoms with van der Waals surface area (Å²) < 4.78 is 0. The fourth-order valence-electron chi connectivity index (χ4n) is 2.14. The second-order valence-electron chi connectivity index (χ2n) is 5.23. The van der Waals surface area contributed by atoms with Crippen molar-refractivity contribution in [2.75, 3.05) is 0 Å². The Morgan fingerprint density at radius 1 is 1.05 bits per heavy atom. The molecule has 0 radical (unpaired) electrons. The summed E-state index contributed by atoms with van der Waals surface area (Å²) in [5.41, 5.74) is 3.53. The van der Waals surface area contributed by atoms with Crippen LogP contribution in [0.25, 0.3) is 6.08 Å². The first-order valence-electron chi connectivity index (χ1n) is 6.97. The standard InChI is InChI=1S/C19H20O/c1-15-8-11-18(12-9-15)16(2)14-19(20)13-10-17-6-4-3-5-7-17/h3-13,16H,14H2,1-2H3/b13-10+. The van der Waals surface area contributed by atoms with Crippen LogP contribution in [0.3, 0.4) is 0 Å². The normalized spacial score (nSPS) is 12.5. The van der Waals surface area contributed by atoms with Gasteiger partial charge in [0.25, 0.3) is 0 Å². The van der Waals surface area contributed by atoms with Crippen LogP contribution >= 0.6 is 0 Å².